The molecule has 0 saturated carbocycles. The molecule has 0 bridgehead atoms. The zero-order valence-electron chi connectivity index (χ0n) is 17.4. The van der Waals surface area contributed by atoms with E-state index in [4.69, 9.17) is 9.47 Å². The van der Waals surface area contributed by atoms with E-state index in [0.29, 0.717) is 0 Å². The van der Waals surface area contributed by atoms with Gasteiger partial charge in [-0.2, -0.15) is 0 Å². The number of hydrogen-bond acceptors (Lipinski definition) is 7. The number of carbonyl (C=O) groups excluding carboxylic acids is 4. The van der Waals surface area contributed by atoms with Gasteiger partial charge in [0, 0.05) is 23.5 Å². The van der Waals surface area contributed by atoms with Crippen LogP contribution in [0.15, 0.2) is 35.6 Å². The van der Waals surface area contributed by atoms with E-state index in [1.165, 1.54) is 13.0 Å². The normalized spacial score (nSPS) is 13.7. The molecule has 1 aromatic rings. The first-order chi connectivity index (χ1) is 13.7. The first kappa shape index (κ1) is 24.1. The maximum atomic E-state index is 12.7. The first-order valence-electron chi connectivity index (χ1n) is 9.55. The van der Waals surface area contributed by atoms with E-state index >= 15 is 0 Å². The molecule has 2 atom stereocenters. The van der Waals surface area contributed by atoms with Crippen LogP contribution >= 0.6 is 0 Å². The fourth-order valence-corrected chi connectivity index (χ4v) is 3.18. The molecule has 1 aromatic carbocycles. The van der Waals surface area contributed by atoms with Crippen molar-refractivity contribution in [1.82, 2.24) is 0 Å². The molecule has 0 fully saturated rings. The quantitative estimate of drug-likeness (QED) is 0.194. The molecule has 7 heteroatoms. The standard InChI is InChI=1S/C22H28O7/c1-6-17(25)15-11-9-10-12-16(15)20(18(13(4)23)21(26)28-7-2)19(14(5)24)22(27)29-8-3/h9-12,18,20,24H,6-8H2,1-5H3/p-1/b19-14+. The molecule has 0 aromatic heterocycles. The summed E-state index contributed by atoms with van der Waals surface area (Å²) in [6.45, 7) is 7.19. The molecule has 0 N–H and O–H groups in total. The number of ether oxygens (including phenoxy) is 2. The monoisotopic (exact) mass is 403 g/mol. The van der Waals surface area contributed by atoms with Crippen LogP contribution in [-0.4, -0.2) is 36.7 Å². The highest BCUT2D eigenvalue weighted by Gasteiger charge is 2.41. The van der Waals surface area contributed by atoms with Crippen molar-refractivity contribution in [2.45, 2.75) is 47.0 Å². The van der Waals surface area contributed by atoms with Crippen LogP contribution in [0, 0.1) is 5.92 Å². The first-order valence-corrected chi connectivity index (χ1v) is 9.55. The van der Waals surface area contributed by atoms with E-state index in [-0.39, 0.29) is 42.1 Å². The molecule has 0 heterocycles. The van der Waals surface area contributed by atoms with Gasteiger partial charge in [-0.05, 0) is 26.3 Å². The Balaban J connectivity index is 3.86. The van der Waals surface area contributed by atoms with E-state index in [1.54, 1.807) is 39.0 Å². The Morgan fingerprint density at radius 1 is 0.966 bits per heavy atom. The summed E-state index contributed by atoms with van der Waals surface area (Å²) >= 11 is 0. The van der Waals surface area contributed by atoms with Crippen molar-refractivity contribution < 1.29 is 33.8 Å². The molecule has 0 saturated heterocycles. The highest BCUT2D eigenvalue weighted by Crippen LogP contribution is 2.37. The zero-order chi connectivity index (χ0) is 22.1. The predicted octanol–water partition coefficient (Wildman–Crippen LogP) is 2.33. The van der Waals surface area contributed by atoms with Crippen molar-refractivity contribution in [2.75, 3.05) is 13.2 Å². The van der Waals surface area contributed by atoms with Crippen molar-refractivity contribution in [2.24, 2.45) is 5.92 Å². The molecule has 0 amide bonds. The number of carbonyl (C=O) groups is 4. The average Bonchev–Trinajstić information content (AvgIpc) is 2.66. The van der Waals surface area contributed by atoms with Crippen molar-refractivity contribution in [3.05, 3.63) is 46.7 Å². The van der Waals surface area contributed by atoms with Gasteiger partial charge in [-0.25, -0.2) is 4.79 Å². The Kier molecular flexibility index (Phi) is 9.25. The van der Waals surface area contributed by atoms with E-state index in [9.17, 15) is 24.3 Å². The lowest BCUT2D eigenvalue weighted by molar-refractivity contribution is -0.303. The fraction of sp³-hybridized carbons (Fsp3) is 0.455. The fourth-order valence-electron chi connectivity index (χ4n) is 3.18. The molecule has 0 aliphatic rings. The van der Waals surface area contributed by atoms with Gasteiger partial charge in [0.05, 0.1) is 13.2 Å². The SMILES string of the molecule is CCOC(=O)/C(=C(\C)[O-])C(c1ccccc1C(=O)CC)C(C(C)=O)C(=O)OCC. The number of Topliss-reactive ketones (excluding diaryl/α,β-unsaturated/α-hetero) is 2. The molecule has 0 radical (unpaired) electrons. The molecule has 1 rings (SSSR count). The van der Waals surface area contributed by atoms with Crippen LogP contribution in [0.25, 0.3) is 0 Å². The maximum Gasteiger partial charge on any atom is 0.333 e. The summed E-state index contributed by atoms with van der Waals surface area (Å²) in [5.74, 6) is -6.05. The third-order valence-corrected chi connectivity index (χ3v) is 4.41. The molecular formula is C22H27O7-. The minimum Gasteiger partial charge on any atom is -0.875 e. The number of ketones is 2. The molecule has 0 spiro atoms. The van der Waals surface area contributed by atoms with Gasteiger partial charge in [-0.3, -0.25) is 14.4 Å². The van der Waals surface area contributed by atoms with Gasteiger partial charge in [0.25, 0.3) is 0 Å². The predicted molar refractivity (Wildman–Crippen MR) is 104 cm³/mol. The zero-order valence-corrected chi connectivity index (χ0v) is 17.4. The second-order valence-electron chi connectivity index (χ2n) is 6.37. The Morgan fingerprint density at radius 2 is 1.55 bits per heavy atom. The lowest BCUT2D eigenvalue weighted by Crippen LogP contribution is -2.35. The molecule has 0 aliphatic carbocycles. The Labute approximate surface area is 170 Å². The Bertz CT molecular complexity index is 803. The van der Waals surface area contributed by atoms with E-state index in [1.807, 2.05) is 0 Å². The van der Waals surface area contributed by atoms with Crippen molar-refractivity contribution in [1.29, 1.82) is 0 Å². The Morgan fingerprint density at radius 3 is 2.03 bits per heavy atom. The summed E-state index contributed by atoms with van der Waals surface area (Å²) in [6.07, 6.45) is 0.169. The van der Waals surface area contributed by atoms with Crippen LogP contribution in [0.1, 0.15) is 62.9 Å². The van der Waals surface area contributed by atoms with E-state index < -0.39 is 35.3 Å². The van der Waals surface area contributed by atoms with Crippen LogP contribution in [0.5, 0.6) is 0 Å². The summed E-state index contributed by atoms with van der Waals surface area (Å²) in [5, 5.41) is 12.4. The molecule has 29 heavy (non-hydrogen) atoms. The molecular weight excluding hydrogens is 376 g/mol. The Hall–Kier alpha value is -2.96. The third-order valence-electron chi connectivity index (χ3n) is 4.41. The molecule has 0 aliphatic heterocycles. The summed E-state index contributed by atoms with van der Waals surface area (Å²) in [6, 6.07) is 6.32. The van der Waals surface area contributed by atoms with Gasteiger partial charge in [-0.15, -0.1) is 5.76 Å². The summed E-state index contributed by atoms with van der Waals surface area (Å²) < 4.78 is 10.1. The smallest absolute Gasteiger partial charge is 0.333 e. The van der Waals surface area contributed by atoms with Gasteiger partial charge in [-0.1, -0.05) is 38.1 Å². The van der Waals surface area contributed by atoms with Gasteiger partial charge < -0.3 is 14.6 Å². The summed E-state index contributed by atoms with van der Waals surface area (Å²) in [7, 11) is 0. The number of benzene rings is 1. The lowest BCUT2D eigenvalue weighted by Gasteiger charge is -2.30. The molecule has 7 nitrogen and oxygen atoms in total. The average molecular weight is 403 g/mol. The van der Waals surface area contributed by atoms with Crippen LogP contribution in [-0.2, 0) is 23.9 Å². The maximum absolute atomic E-state index is 12.7. The minimum atomic E-state index is -1.47. The highest BCUT2D eigenvalue weighted by atomic mass is 16.5. The summed E-state index contributed by atoms with van der Waals surface area (Å²) in [5.41, 5.74) is 0.112. The van der Waals surface area contributed by atoms with Crippen molar-refractivity contribution >= 4 is 23.5 Å². The molecule has 2 unspecified atom stereocenters. The van der Waals surface area contributed by atoms with Gasteiger partial charge in [0.15, 0.2) is 5.78 Å². The minimum absolute atomic E-state index is 0.00200. The van der Waals surface area contributed by atoms with Crippen LogP contribution < -0.4 is 5.11 Å². The third kappa shape index (κ3) is 5.76. The van der Waals surface area contributed by atoms with Gasteiger partial charge in [0.2, 0.25) is 0 Å². The van der Waals surface area contributed by atoms with Crippen molar-refractivity contribution in [3.63, 3.8) is 0 Å². The lowest BCUT2D eigenvalue weighted by atomic mass is 9.75. The topological polar surface area (TPSA) is 110 Å². The van der Waals surface area contributed by atoms with Crippen LogP contribution in [0.3, 0.4) is 0 Å². The van der Waals surface area contributed by atoms with Gasteiger partial charge in [0.1, 0.15) is 11.7 Å². The second-order valence-corrected chi connectivity index (χ2v) is 6.37. The second kappa shape index (κ2) is 11.1. The van der Waals surface area contributed by atoms with E-state index in [0.717, 1.165) is 6.92 Å². The number of allylic oxidation sites excluding steroid dienone is 1. The van der Waals surface area contributed by atoms with Crippen LogP contribution in [0.4, 0.5) is 0 Å². The highest BCUT2D eigenvalue weighted by molar-refractivity contribution is 6.04. The van der Waals surface area contributed by atoms with Gasteiger partial charge >= 0.3 is 11.9 Å². The largest absolute Gasteiger partial charge is 0.875 e. The van der Waals surface area contributed by atoms with Crippen LogP contribution in [0.2, 0.25) is 0 Å². The number of hydrogen-bond donors (Lipinski definition) is 0. The summed E-state index contributed by atoms with van der Waals surface area (Å²) in [4.78, 5) is 50.3. The number of rotatable bonds is 10. The van der Waals surface area contributed by atoms with E-state index in [2.05, 4.69) is 0 Å². The number of esters is 2. The molecule has 158 valence electrons. The van der Waals surface area contributed by atoms with Crippen molar-refractivity contribution in [3.8, 4) is 0 Å².